The van der Waals surface area contributed by atoms with Crippen molar-refractivity contribution in [1.82, 2.24) is 10.2 Å². The van der Waals surface area contributed by atoms with Crippen molar-refractivity contribution in [3.63, 3.8) is 0 Å². The van der Waals surface area contributed by atoms with E-state index in [0.29, 0.717) is 11.8 Å². The molecule has 0 amide bonds. The van der Waals surface area contributed by atoms with Gasteiger partial charge in [0.1, 0.15) is 0 Å². The van der Waals surface area contributed by atoms with E-state index in [1.165, 1.54) is 11.1 Å². The van der Waals surface area contributed by atoms with E-state index in [0.717, 1.165) is 16.7 Å². The lowest BCUT2D eigenvalue weighted by Crippen LogP contribution is -2.12. The van der Waals surface area contributed by atoms with Crippen molar-refractivity contribution >= 4 is 0 Å². The Morgan fingerprint density at radius 2 is 1.14 bits per heavy atom. The Morgan fingerprint density at radius 3 is 1.68 bits per heavy atom. The van der Waals surface area contributed by atoms with Crippen LogP contribution in [0.15, 0.2) is 95.9 Å². The third-order valence-electron chi connectivity index (χ3n) is 5.05. The summed E-state index contributed by atoms with van der Waals surface area (Å²) in [5, 5.41) is 8.44. The van der Waals surface area contributed by atoms with Crippen LogP contribution in [-0.4, -0.2) is 10.2 Å². The number of allylic oxidation sites excluding steroid dienone is 1. The van der Waals surface area contributed by atoms with Gasteiger partial charge in [-0.3, -0.25) is 0 Å². The lowest BCUT2D eigenvalue weighted by atomic mass is 9.84. The first-order valence-electron chi connectivity index (χ1n) is 9.31. The summed E-state index contributed by atoms with van der Waals surface area (Å²) in [5.41, 5.74) is 5.28. The van der Waals surface area contributed by atoms with Gasteiger partial charge in [0.05, 0.1) is 0 Å². The fourth-order valence-corrected chi connectivity index (χ4v) is 3.05. The molecule has 0 aliphatic rings. The van der Waals surface area contributed by atoms with Gasteiger partial charge in [-0.15, -0.1) is 16.8 Å². The van der Waals surface area contributed by atoms with Crippen molar-refractivity contribution in [3.8, 4) is 34.0 Å². The molecule has 0 saturated heterocycles. The summed E-state index contributed by atoms with van der Waals surface area (Å²) in [5.74, 6) is 1.04. The first kappa shape index (κ1) is 17.9. The molecule has 1 aromatic heterocycles. The van der Waals surface area contributed by atoms with Crippen LogP contribution in [0.2, 0.25) is 0 Å². The largest absolute Gasteiger partial charge is 0.416 e. The normalized spacial score (nSPS) is 11.4. The van der Waals surface area contributed by atoms with Crippen molar-refractivity contribution in [3.05, 3.63) is 97.1 Å². The van der Waals surface area contributed by atoms with Gasteiger partial charge < -0.3 is 4.42 Å². The fourth-order valence-electron chi connectivity index (χ4n) is 3.05. The van der Waals surface area contributed by atoms with Crippen molar-refractivity contribution < 1.29 is 4.42 Å². The van der Waals surface area contributed by atoms with Crippen LogP contribution >= 0.6 is 0 Å². The van der Waals surface area contributed by atoms with E-state index in [4.69, 9.17) is 4.42 Å². The van der Waals surface area contributed by atoms with Crippen LogP contribution in [0.25, 0.3) is 34.0 Å². The van der Waals surface area contributed by atoms with Gasteiger partial charge in [-0.1, -0.05) is 74.5 Å². The maximum atomic E-state index is 5.91. The first-order valence-corrected chi connectivity index (χ1v) is 9.31. The van der Waals surface area contributed by atoms with Gasteiger partial charge in [-0.2, -0.15) is 0 Å². The number of benzene rings is 3. The van der Waals surface area contributed by atoms with Crippen LogP contribution in [0, 0.1) is 0 Å². The molecule has 1 heterocycles. The molecule has 28 heavy (non-hydrogen) atoms. The van der Waals surface area contributed by atoms with Gasteiger partial charge in [0.15, 0.2) is 0 Å². The van der Waals surface area contributed by atoms with E-state index in [-0.39, 0.29) is 5.41 Å². The van der Waals surface area contributed by atoms with Crippen LogP contribution < -0.4 is 0 Å². The Kier molecular flexibility index (Phi) is 4.66. The van der Waals surface area contributed by atoms with Gasteiger partial charge in [0.2, 0.25) is 11.8 Å². The standard InChI is InChI=1S/C25H22N2O/c1-4-25(2,3)22-16-14-21(15-17-22)24-27-26-23(28-24)20-12-10-19(11-13-20)18-8-6-5-7-9-18/h4-17H,1H2,2-3H3. The number of hydrogen-bond acceptors (Lipinski definition) is 3. The second-order valence-electron chi connectivity index (χ2n) is 7.36. The third kappa shape index (κ3) is 3.52. The van der Waals surface area contributed by atoms with E-state index >= 15 is 0 Å². The van der Waals surface area contributed by atoms with Crippen LogP contribution in [0.4, 0.5) is 0 Å². The predicted molar refractivity (Wildman–Crippen MR) is 114 cm³/mol. The number of nitrogens with zero attached hydrogens (tertiary/aromatic N) is 2. The Balaban J connectivity index is 1.57. The van der Waals surface area contributed by atoms with Crippen molar-refractivity contribution in [1.29, 1.82) is 0 Å². The molecule has 0 unspecified atom stereocenters. The van der Waals surface area contributed by atoms with Crippen LogP contribution in [0.1, 0.15) is 19.4 Å². The Labute approximate surface area is 165 Å². The zero-order chi connectivity index (χ0) is 19.6. The molecule has 4 rings (SSSR count). The van der Waals surface area contributed by atoms with E-state index in [9.17, 15) is 0 Å². The third-order valence-corrected chi connectivity index (χ3v) is 5.05. The molecule has 3 aromatic carbocycles. The van der Waals surface area contributed by atoms with E-state index < -0.39 is 0 Å². The molecule has 0 atom stereocenters. The van der Waals surface area contributed by atoms with E-state index in [1.54, 1.807) is 0 Å². The smallest absolute Gasteiger partial charge is 0.248 e. The van der Waals surface area contributed by atoms with Gasteiger partial charge in [0.25, 0.3) is 0 Å². The molecule has 0 aliphatic carbocycles. The Hall–Kier alpha value is -3.46. The summed E-state index contributed by atoms with van der Waals surface area (Å²) in [7, 11) is 0. The number of hydrogen-bond donors (Lipinski definition) is 0. The molecule has 0 aliphatic heterocycles. The topological polar surface area (TPSA) is 38.9 Å². The summed E-state index contributed by atoms with van der Waals surface area (Å²) in [6.45, 7) is 8.19. The molecule has 4 aromatic rings. The van der Waals surface area contributed by atoms with Crippen molar-refractivity contribution in [2.45, 2.75) is 19.3 Å². The first-order chi connectivity index (χ1) is 13.6. The van der Waals surface area contributed by atoms with Crippen LogP contribution in [0.3, 0.4) is 0 Å². The second-order valence-corrected chi connectivity index (χ2v) is 7.36. The molecule has 0 N–H and O–H groups in total. The average Bonchev–Trinajstić information content (AvgIpc) is 3.25. The average molecular weight is 366 g/mol. The summed E-state index contributed by atoms with van der Waals surface area (Å²) in [6.07, 6.45) is 1.95. The van der Waals surface area contributed by atoms with Crippen LogP contribution in [-0.2, 0) is 5.41 Å². The number of aromatic nitrogens is 2. The van der Waals surface area contributed by atoms with E-state index in [1.807, 2.05) is 48.5 Å². The minimum atomic E-state index is -0.0704. The fraction of sp³-hybridized carbons (Fsp3) is 0.120. The SMILES string of the molecule is C=CC(C)(C)c1ccc(-c2nnc(-c3ccc(-c4ccccc4)cc3)o2)cc1. The molecule has 0 fully saturated rings. The van der Waals surface area contributed by atoms with Crippen LogP contribution in [0.5, 0.6) is 0 Å². The maximum Gasteiger partial charge on any atom is 0.248 e. The zero-order valence-corrected chi connectivity index (χ0v) is 16.1. The molecule has 0 bridgehead atoms. The lowest BCUT2D eigenvalue weighted by molar-refractivity contribution is 0.584. The van der Waals surface area contributed by atoms with Crippen molar-refractivity contribution in [2.75, 3.05) is 0 Å². The number of rotatable bonds is 5. The summed E-state index contributed by atoms with van der Waals surface area (Å²) in [6, 6.07) is 26.6. The molecule has 0 saturated carbocycles. The highest BCUT2D eigenvalue weighted by Gasteiger charge is 2.17. The summed E-state index contributed by atoms with van der Waals surface area (Å²) >= 11 is 0. The minimum absolute atomic E-state index is 0.0704. The molecular weight excluding hydrogens is 344 g/mol. The molecule has 138 valence electrons. The molecule has 3 nitrogen and oxygen atoms in total. The van der Waals surface area contributed by atoms with Gasteiger partial charge in [-0.05, 0) is 41.0 Å². The molecule has 0 spiro atoms. The predicted octanol–water partition coefficient (Wildman–Crippen LogP) is 6.53. The molecular formula is C25H22N2O. The summed E-state index contributed by atoms with van der Waals surface area (Å²) < 4.78 is 5.91. The summed E-state index contributed by atoms with van der Waals surface area (Å²) in [4.78, 5) is 0. The maximum absolute atomic E-state index is 5.91. The highest BCUT2D eigenvalue weighted by molar-refractivity contribution is 5.67. The monoisotopic (exact) mass is 366 g/mol. The Bertz CT molecular complexity index is 1080. The lowest BCUT2D eigenvalue weighted by Gasteiger charge is -2.20. The van der Waals surface area contributed by atoms with Gasteiger partial charge in [-0.25, -0.2) is 0 Å². The quantitative estimate of drug-likeness (QED) is 0.377. The highest BCUT2D eigenvalue weighted by atomic mass is 16.4. The molecule has 0 radical (unpaired) electrons. The van der Waals surface area contributed by atoms with Crippen molar-refractivity contribution in [2.24, 2.45) is 0 Å². The minimum Gasteiger partial charge on any atom is -0.416 e. The Morgan fingerprint density at radius 1 is 0.679 bits per heavy atom. The zero-order valence-electron chi connectivity index (χ0n) is 16.1. The van der Waals surface area contributed by atoms with Gasteiger partial charge in [0, 0.05) is 16.5 Å². The second kappa shape index (κ2) is 7.28. The van der Waals surface area contributed by atoms with Gasteiger partial charge >= 0.3 is 0 Å². The highest BCUT2D eigenvalue weighted by Crippen LogP contribution is 2.29. The van der Waals surface area contributed by atoms with E-state index in [2.05, 4.69) is 67.0 Å². The molecule has 3 heteroatoms.